The van der Waals surface area contributed by atoms with E-state index in [4.69, 9.17) is 4.74 Å². The van der Waals surface area contributed by atoms with Crippen LogP contribution in [-0.4, -0.2) is 24.1 Å². The third-order valence-electron chi connectivity index (χ3n) is 2.78. The van der Waals surface area contributed by atoms with Crippen LogP contribution in [0.5, 0.6) is 0 Å². The fourth-order valence-corrected chi connectivity index (χ4v) is 2.22. The number of ether oxygens (including phenoxy) is 1. The second-order valence-corrected chi connectivity index (χ2v) is 4.80. The summed E-state index contributed by atoms with van der Waals surface area (Å²) in [5.41, 5.74) is 0.929. The van der Waals surface area contributed by atoms with Gasteiger partial charge >= 0.3 is 0 Å². The topological polar surface area (TPSA) is 29.5 Å². The van der Waals surface area contributed by atoms with Gasteiger partial charge in [0.05, 0.1) is 0 Å². The van der Waals surface area contributed by atoms with Gasteiger partial charge in [0.2, 0.25) is 5.91 Å². The molecule has 1 unspecified atom stereocenters. The zero-order valence-electron chi connectivity index (χ0n) is 9.64. The lowest BCUT2D eigenvalue weighted by atomic mass is 10.3. The van der Waals surface area contributed by atoms with E-state index < -0.39 is 0 Å². The van der Waals surface area contributed by atoms with Gasteiger partial charge < -0.3 is 4.74 Å². The molecule has 92 valence electrons. The van der Waals surface area contributed by atoms with Crippen LogP contribution in [0.15, 0.2) is 30.3 Å². The maximum absolute atomic E-state index is 11.9. The molecule has 4 heteroatoms. The SMILES string of the molecule is O=C1CCC(OCCCBr)N1c1ccccc1. The molecule has 0 N–H and O–H groups in total. The van der Waals surface area contributed by atoms with Crippen LogP contribution in [0.3, 0.4) is 0 Å². The number of alkyl halides is 1. The van der Waals surface area contributed by atoms with Crippen molar-refractivity contribution in [3.63, 3.8) is 0 Å². The first-order valence-electron chi connectivity index (χ1n) is 5.87. The van der Waals surface area contributed by atoms with Crippen LogP contribution in [-0.2, 0) is 9.53 Å². The monoisotopic (exact) mass is 297 g/mol. The number of para-hydroxylation sites is 1. The second kappa shape index (κ2) is 6.17. The summed E-state index contributed by atoms with van der Waals surface area (Å²) in [6.07, 6.45) is 2.24. The molecule has 0 spiro atoms. The highest BCUT2D eigenvalue weighted by Crippen LogP contribution is 2.27. The fourth-order valence-electron chi connectivity index (χ4n) is 1.99. The van der Waals surface area contributed by atoms with Crippen LogP contribution in [0.1, 0.15) is 19.3 Å². The van der Waals surface area contributed by atoms with Crippen LogP contribution < -0.4 is 4.90 Å². The quantitative estimate of drug-likeness (QED) is 0.618. The number of rotatable bonds is 5. The Morgan fingerprint density at radius 1 is 1.35 bits per heavy atom. The van der Waals surface area contributed by atoms with E-state index in [1.54, 1.807) is 4.90 Å². The van der Waals surface area contributed by atoms with Crippen molar-refractivity contribution in [3.8, 4) is 0 Å². The Morgan fingerprint density at radius 2 is 2.12 bits per heavy atom. The summed E-state index contributed by atoms with van der Waals surface area (Å²) in [5, 5.41) is 0.930. The molecule has 1 saturated heterocycles. The van der Waals surface area contributed by atoms with Crippen molar-refractivity contribution in [2.75, 3.05) is 16.8 Å². The van der Waals surface area contributed by atoms with Gasteiger partial charge in [0.1, 0.15) is 6.23 Å². The number of carbonyl (C=O) groups is 1. The molecule has 1 amide bonds. The Morgan fingerprint density at radius 3 is 2.82 bits per heavy atom. The molecule has 0 aromatic heterocycles. The van der Waals surface area contributed by atoms with E-state index in [0.717, 1.165) is 23.9 Å². The first-order valence-corrected chi connectivity index (χ1v) is 7.00. The first-order chi connectivity index (χ1) is 8.33. The van der Waals surface area contributed by atoms with E-state index in [-0.39, 0.29) is 12.1 Å². The van der Waals surface area contributed by atoms with Crippen LogP contribution in [0, 0.1) is 0 Å². The van der Waals surface area contributed by atoms with Gasteiger partial charge in [-0.05, 0) is 18.6 Å². The van der Waals surface area contributed by atoms with Gasteiger partial charge in [-0.1, -0.05) is 34.1 Å². The maximum atomic E-state index is 11.9. The van der Waals surface area contributed by atoms with Crippen molar-refractivity contribution < 1.29 is 9.53 Å². The van der Waals surface area contributed by atoms with Crippen LogP contribution in [0.25, 0.3) is 0 Å². The van der Waals surface area contributed by atoms with Crippen molar-refractivity contribution in [1.82, 2.24) is 0 Å². The molecule has 3 nitrogen and oxygen atoms in total. The van der Waals surface area contributed by atoms with E-state index in [1.807, 2.05) is 30.3 Å². The number of hydrogen-bond acceptors (Lipinski definition) is 2. The molecule has 0 radical (unpaired) electrons. The third kappa shape index (κ3) is 3.07. The van der Waals surface area contributed by atoms with Crippen LogP contribution in [0.4, 0.5) is 5.69 Å². The Balaban J connectivity index is 2.04. The fraction of sp³-hybridized carbons (Fsp3) is 0.462. The molecule has 1 fully saturated rings. The Kier molecular flexibility index (Phi) is 4.57. The number of benzene rings is 1. The molecule has 17 heavy (non-hydrogen) atoms. The van der Waals surface area contributed by atoms with E-state index in [0.29, 0.717) is 13.0 Å². The summed E-state index contributed by atoms with van der Waals surface area (Å²) in [5.74, 6) is 0.153. The lowest BCUT2D eigenvalue weighted by Crippen LogP contribution is -2.35. The number of hydrogen-bond donors (Lipinski definition) is 0. The van der Waals surface area contributed by atoms with Crippen molar-refractivity contribution in [1.29, 1.82) is 0 Å². The molecule has 1 aliphatic heterocycles. The minimum absolute atomic E-state index is 0.0936. The van der Waals surface area contributed by atoms with Gasteiger partial charge in [-0.15, -0.1) is 0 Å². The largest absolute Gasteiger partial charge is 0.358 e. The summed E-state index contributed by atoms with van der Waals surface area (Å²) in [6.45, 7) is 0.687. The number of nitrogens with zero attached hydrogens (tertiary/aromatic N) is 1. The normalized spacial score (nSPS) is 19.9. The van der Waals surface area contributed by atoms with Gasteiger partial charge in [-0.25, -0.2) is 0 Å². The minimum Gasteiger partial charge on any atom is -0.358 e. The van der Waals surface area contributed by atoms with Crippen molar-refractivity contribution in [2.45, 2.75) is 25.5 Å². The third-order valence-corrected chi connectivity index (χ3v) is 3.35. The molecule has 0 bridgehead atoms. The molecule has 1 aromatic rings. The standard InChI is InChI=1S/C13H16BrNO2/c14-9-4-10-17-13-8-7-12(16)15(13)11-5-2-1-3-6-11/h1-3,5-6,13H,4,7-10H2. The van der Waals surface area contributed by atoms with E-state index >= 15 is 0 Å². The van der Waals surface area contributed by atoms with Crippen molar-refractivity contribution in [2.24, 2.45) is 0 Å². The van der Waals surface area contributed by atoms with Gasteiger partial charge in [-0.2, -0.15) is 0 Å². The molecule has 1 aromatic carbocycles. The zero-order valence-corrected chi connectivity index (χ0v) is 11.2. The summed E-state index contributed by atoms with van der Waals surface area (Å²) in [4.78, 5) is 13.6. The summed E-state index contributed by atoms with van der Waals surface area (Å²) >= 11 is 3.37. The lowest BCUT2D eigenvalue weighted by molar-refractivity contribution is -0.117. The van der Waals surface area contributed by atoms with Crippen LogP contribution in [0.2, 0.25) is 0 Å². The second-order valence-electron chi connectivity index (χ2n) is 4.01. The number of halogens is 1. The smallest absolute Gasteiger partial charge is 0.229 e. The predicted octanol–water partition coefficient (Wildman–Crippen LogP) is 2.94. The summed E-state index contributed by atoms with van der Waals surface area (Å²) in [7, 11) is 0. The predicted molar refractivity (Wildman–Crippen MR) is 71.3 cm³/mol. The number of carbonyl (C=O) groups excluding carboxylic acids is 1. The summed E-state index contributed by atoms with van der Waals surface area (Å²) < 4.78 is 5.76. The number of amides is 1. The maximum Gasteiger partial charge on any atom is 0.229 e. The average Bonchev–Trinajstić information content (AvgIpc) is 2.72. The average molecular weight is 298 g/mol. The first kappa shape index (κ1) is 12.6. The Hall–Kier alpha value is -0.870. The van der Waals surface area contributed by atoms with Crippen molar-refractivity contribution in [3.05, 3.63) is 30.3 Å². The van der Waals surface area contributed by atoms with Gasteiger partial charge in [0, 0.05) is 30.5 Å². The highest BCUT2D eigenvalue weighted by atomic mass is 79.9. The zero-order chi connectivity index (χ0) is 12.1. The Bertz CT molecular complexity index is 369. The lowest BCUT2D eigenvalue weighted by Gasteiger charge is -2.24. The van der Waals surface area contributed by atoms with Crippen LogP contribution >= 0.6 is 15.9 Å². The number of anilines is 1. The van der Waals surface area contributed by atoms with E-state index in [1.165, 1.54) is 0 Å². The molecule has 0 aliphatic carbocycles. The molecular weight excluding hydrogens is 282 g/mol. The van der Waals surface area contributed by atoms with Crippen molar-refractivity contribution >= 4 is 27.5 Å². The van der Waals surface area contributed by atoms with Gasteiger partial charge in [0.25, 0.3) is 0 Å². The molecule has 1 atom stereocenters. The van der Waals surface area contributed by atoms with E-state index in [9.17, 15) is 4.79 Å². The highest BCUT2D eigenvalue weighted by Gasteiger charge is 2.32. The minimum atomic E-state index is -0.0936. The summed E-state index contributed by atoms with van der Waals surface area (Å²) in [6, 6.07) is 9.73. The molecule has 1 heterocycles. The van der Waals surface area contributed by atoms with Gasteiger partial charge in [0.15, 0.2) is 0 Å². The highest BCUT2D eigenvalue weighted by molar-refractivity contribution is 9.09. The molecule has 1 aliphatic rings. The van der Waals surface area contributed by atoms with E-state index in [2.05, 4.69) is 15.9 Å². The molecule has 2 rings (SSSR count). The van der Waals surface area contributed by atoms with Gasteiger partial charge in [-0.3, -0.25) is 9.69 Å². The molecule has 0 saturated carbocycles. The molecular formula is C13H16BrNO2. The Labute approximate surface area is 110 Å².